The van der Waals surface area contributed by atoms with E-state index in [1.165, 1.54) is 24.5 Å². The highest BCUT2D eigenvalue weighted by atomic mass is 32.2. The van der Waals surface area contributed by atoms with Crippen LogP contribution in [0.4, 0.5) is 9.52 Å². The van der Waals surface area contributed by atoms with Crippen molar-refractivity contribution >= 4 is 40.9 Å². The van der Waals surface area contributed by atoms with Gasteiger partial charge in [0, 0.05) is 36.6 Å². The first-order chi connectivity index (χ1) is 21.1. The maximum atomic E-state index is 14.6. The fraction of sp³-hybridized carbons (Fsp3) is 0.613. The largest absolute Gasteiger partial charge is 0.491 e. The average molecular weight is 686 g/mol. The Morgan fingerprint density at radius 2 is 1.87 bits per heavy atom. The van der Waals surface area contributed by atoms with E-state index in [4.69, 9.17) is 18.5 Å². The minimum atomic E-state index is -3.94. The topological polar surface area (TPSA) is 136 Å². The number of unbranched alkanes of at least 4 members (excludes halogenated alkanes) is 1. The van der Waals surface area contributed by atoms with Crippen molar-refractivity contribution in [1.29, 1.82) is 0 Å². The Balaban J connectivity index is 1.77. The molecule has 1 heterocycles. The molecule has 14 heteroatoms. The molecular weight excluding hydrogens is 638 g/mol. The van der Waals surface area contributed by atoms with Crippen LogP contribution in [-0.4, -0.2) is 78.0 Å². The molecule has 0 radical (unpaired) electrons. The Morgan fingerprint density at radius 3 is 2.53 bits per heavy atom. The quantitative estimate of drug-likeness (QED) is 0.0539. The van der Waals surface area contributed by atoms with E-state index in [2.05, 4.69) is 61.3 Å². The summed E-state index contributed by atoms with van der Waals surface area (Å²) >= 11 is 1.41. The van der Waals surface area contributed by atoms with E-state index < -0.39 is 30.2 Å². The van der Waals surface area contributed by atoms with Crippen LogP contribution in [0.2, 0.25) is 18.1 Å². The van der Waals surface area contributed by atoms with Crippen molar-refractivity contribution in [3.63, 3.8) is 0 Å². The molecular formula is C31H48FN3O7S2Si. The summed E-state index contributed by atoms with van der Waals surface area (Å²) in [7, 11) is -4.36. The first-order valence-corrected chi connectivity index (χ1v) is 20.5. The molecule has 252 valence electrons. The second-order valence-electron chi connectivity index (χ2n) is 12.1. The van der Waals surface area contributed by atoms with Gasteiger partial charge < -0.3 is 24.5 Å². The van der Waals surface area contributed by atoms with Gasteiger partial charge in [-0.2, -0.15) is 8.42 Å². The molecule has 0 amide bonds. The van der Waals surface area contributed by atoms with Crippen LogP contribution in [0.25, 0.3) is 0 Å². The molecule has 0 unspecified atom stereocenters. The number of nitrogens with zero attached hydrogens (tertiary/aromatic N) is 1. The number of esters is 1. The van der Waals surface area contributed by atoms with E-state index in [1.54, 1.807) is 12.1 Å². The Hall–Kier alpha value is -2.54. The van der Waals surface area contributed by atoms with Crippen molar-refractivity contribution < 1.29 is 36.1 Å². The second kappa shape index (κ2) is 18.6. The summed E-state index contributed by atoms with van der Waals surface area (Å²) in [6, 6.07) is 4.54. The number of aryl methyl sites for hydroxylation is 1. The first kappa shape index (κ1) is 38.6. The second-order valence-corrected chi connectivity index (χ2v) is 19.5. The van der Waals surface area contributed by atoms with Crippen LogP contribution < -0.4 is 15.4 Å². The molecule has 45 heavy (non-hydrogen) atoms. The highest BCUT2D eigenvalue weighted by Gasteiger charge is 2.36. The van der Waals surface area contributed by atoms with E-state index in [0.717, 1.165) is 24.3 Å². The van der Waals surface area contributed by atoms with Gasteiger partial charge in [-0.25, -0.2) is 14.2 Å². The van der Waals surface area contributed by atoms with Crippen LogP contribution in [0.1, 0.15) is 73.8 Å². The summed E-state index contributed by atoms with van der Waals surface area (Å²) in [5.74, 6) is 4.67. The normalized spacial score (nSPS) is 12.0. The molecule has 0 saturated carbocycles. The lowest BCUT2D eigenvalue weighted by atomic mass is 10.2. The highest BCUT2D eigenvalue weighted by molar-refractivity contribution is 7.85. The number of hydrogen-bond acceptors (Lipinski definition) is 10. The van der Waals surface area contributed by atoms with E-state index in [0.29, 0.717) is 56.0 Å². The molecule has 0 saturated heterocycles. The van der Waals surface area contributed by atoms with Gasteiger partial charge in [0.2, 0.25) is 0 Å². The Bertz CT molecular complexity index is 1400. The van der Waals surface area contributed by atoms with Crippen LogP contribution in [0.3, 0.4) is 0 Å². The summed E-state index contributed by atoms with van der Waals surface area (Å²) in [5, 5.41) is 7.19. The molecule has 0 aliphatic carbocycles. The molecule has 0 spiro atoms. The van der Waals surface area contributed by atoms with Crippen LogP contribution in [-0.2, 0) is 25.7 Å². The molecule has 2 rings (SSSR count). The number of ether oxygens (including phenoxy) is 2. The molecule has 0 aliphatic heterocycles. The predicted octanol–water partition coefficient (Wildman–Crippen LogP) is 5.90. The lowest BCUT2D eigenvalue weighted by molar-refractivity contribution is 0.0593. The van der Waals surface area contributed by atoms with Crippen molar-refractivity contribution in [2.24, 2.45) is 0 Å². The van der Waals surface area contributed by atoms with E-state index in [-0.39, 0.29) is 28.8 Å². The lowest BCUT2D eigenvalue weighted by Crippen LogP contribution is -2.41. The van der Waals surface area contributed by atoms with Crippen molar-refractivity contribution in [2.45, 2.75) is 77.4 Å². The number of carbonyl (C=O) groups excluding carboxylic acids is 1. The zero-order valence-electron chi connectivity index (χ0n) is 27.3. The third-order valence-electron chi connectivity index (χ3n) is 7.35. The van der Waals surface area contributed by atoms with Crippen molar-refractivity contribution in [2.75, 3.05) is 51.0 Å². The summed E-state index contributed by atoms with van der Waals surface area (Å²) in [6.45, 7) is 13.9. The minimum absolute atomic E-state index is 0.124. The van der Waals surface area contributed by atoms with Gasteiger partial charge in [-0.1, -0.05) is 32.6 Å². The smallest absolute Gasteiger partial charge is 0.357 e. The molecule has 10 nitrogen and oxygen atoms in total. The number of methoxy groups -OCH3 is 1. The molecule has 0 bridgehead atoms. The number of rotatable bonds is 19. The summed E-state index contributed by atoms with van der Waals surface area (Å²) in [5.41, 5.74) is 0.801. The molecule has 0 aliphatic rings. The fourth-order valence-corrected chi connectivity index (χ4v) is 6.36. The number of anilines is 1. The van der Waals surface area contributed by atoms with Crippen molar-refractivity contribution in [3.05, 3.63) is 40.2 Å². The number of benzene rings is 1. The van der Waals surface area contributed by atoms with Gasteiger partial charge in [-0.05, 0) is 75.0 Å². The fourth-order valence-electron chi connectivity index (χ4n) is 3.75. The molecule has 3 N–H and O–H groups in total. The van der Waals surface area contributed by atoms with Crippen molar-refractivity contribution in [3.8, 4) is 17.6 Å². The number of nitrogens with one attached hydrogen (secondary N) is 2. The lowest BCUT2D eigenvalue weighted by Gasteiger charge is -2.36. The van der Waals surface area contributed by atoms with E-state index in [1.807, 2.05) is 0 Å². The third kappa shape index (κ3) is 14.6. The van der Waals surface area contributed by atoms with Crippen LogP contribution in [0, 0.1) is 17.7 Å². The number of aromatic nitrogens is 1. The first-order valence-electron chi connectivity index (χ1n) is 15.2. The molecule has 0 atom stereocenters. The van der Waals surface area contributed by atoms with Gasteiger partial charge in [0.1, 0.15) is 0 Å². The maximum Gasteiger partial charge on any atom is 0.357 e. The number of halogens is 1. The Morgan fingerprint density at radius 1 is 1.11 bits per heavy atom. The SMILES string of the molecule is COC(=O)c1nc(NCCCCO[Si](C)(C)C(C)(C)C)sc1CCCOc1ccc(C#CCCNCCCS(=O)(=O)O)cc1F. The molecule has 1 aromatic carbocycles. The molecule has 0 fully saturated rings. The Kier molecular flexibility index (Phi) is 15.9. The Labute approximate surface area is 272 Å². The minimum Gasteiger partial charge on any atom is -0.491 e. The highest BCUT2D eigenvalue weighted by Crippen LogP contribution is 2.36. The van der Waals surface area contributed by atoms with Gasteiger partial charge in [0.05, 0.1) is 19.5 Å². The van der Waals surface area contributed by atoms with Gasteiger partial charge in [-0.3, -0.25) is 4.55 Å². The predicted molar refractivity (Wildman–Crippen MR) is 180 cm³/mol. The van der Waals surface area contributed by atoms with Gasteiger partial charge in [0.25, 0.3) is 10.1 Å². The van der Waals surface area contributed by atoms with Crippen LogP contribution in [0.15, 0.2) is 18.2 Å². The third-order valence-corrected chi connectivity index (χ3v) is 13.8. The number of thiazole rings is 1. The van der Waals surface area contributed by atoms with E-state index in [9.17, 15) is 17.6 Å². The van der Waals surface area contributed by atoms with Gasteiger partial charge >= 0.3 is 5.97 Å². The molecule has 1 aromatic heterocycles. The molecule has 2 aromatic rings. The maximum absolute atomic E-state index is 14.6. The van der Waals surface area contributed by atoms with Gasteiger partial charge in [-0.15, -0.1) is 11.3 Å². The van der Waals surface area contributed by atoms with Gasteiger partial charge in [0.15, 0.2) is 30.7 Å². The summed E-state index contributed by atoms with van der Waals surface area (Å²) in [4.78, 5) is 17.5. The summed E-state index contributed by atoms with van der Waals surface area (Å²) < 4.78 is 61.5. The summed E-state index contributed by atoms with van der Waals surface area (Å²) in [6.07, 6.45) is 3.74. The van der Waals surface area contributed by atoms with E-state index >= 15 is 0 Å². The van der Waals surface area contributed by atoms with Crippen LogP contribution in [0.5, 0.6) is 5.75 Å². The zero-order valence-corrected chi connectivity index (χ0v) is 29.9. The monoisotopic (exact) mass is 685 g/mol. The average Bonchev–Trinajstić information content (AvgIpc) is 3.36. The number of hydrogen-bond donors (Lipinski definition) is 3. The number of carbonyl (C=O) groups is 1. The van der Waals surface area contributed by atoms with Crippen molar-refractivity contribution in [1.82, 2.24) is 10.3 Å². The zero-order chi connectivity index (χ0) is 33.5. The standard InChI is InChI=1S/C31H48FN3O7S2Si/c1-31(2,3)45(5,6)42-21-10-9-19-34-30-35-28(29(36)40-4)27(43-30)14-11-20-41-26-16-15-24(23-25(26)32)13-7-8-17-33-18-12-22-44(37,38)39/h15-16,23,33H,8-12,14,17-22H2,1-6H3,(H,34,35)(H,37,38,39). The van der Waals surface area contributed by atoms with Crippen LogP contribution >= 0.6 is 11.3 Å².